The molecule has 1 unspecified atom stereocenters. The van der Waals surface area contributed by atoms with E-state index >= 15 is 0 Å². The van der Waals surface area contributed by atoms with Gasteiger partial charge in [-0.1, -0.05) is 18.2 Å². The molecule has 1 atom stereocenters. The van der Waals surface area contributed by atoms with Gasteiger partial charge >= 0.3 is 11.8 Å². The van der Waals surface area contributed by atoms with Crippen molar-refractivity contribution >= 4 is 35.7 Å². The van der Waals surface area contributed by atoms with Gasteiger partial charge in [0.15, 0.2) is 6.40 Å². The number of nitrogens with one attached hydrogen (secondary N) is 2. The molecule has 31 heavy (non-hydrogen) atoms. The molecule has 1 aliphatic rings. The Labute approximate surface area is 186 Å². The zero-order valence-electron chi connectivity index (χ0n) is 17.9. The number of amides is 2. The molecule has 0 spiro atoms. The third kappa shape index (κ3) is 6.49. The smallest absolute Gasteiger partial charge is 0.313 e. The van der Waals surface area contributed by atoms with Gasteiger partial charge in [-0.3, -0.25) is 14.6 Å². The Balaban J connectivity index is 1.52. The molecular weight excluding hydrogens is 414 g/mol. The fraction of sp³-hybridized carbons (Fsp3) is 0.348. The normalized spacial score (nSPS) is 15.3. The highest BCUT2D eigenvalue weighted by Gasteiger charge is 2.25. The van der Waals surface area contributed by atoms with Gasteiger partial charge in [-0.05, 0) is 44.5 Å². The lowest BCUT2D eigenvalue weighted by Gasteiger charge is -2.25. The highest BCUT2D eigenvalue weighted by Crippen LogP contribution is 2.32. The summed E-state index contributed by atoms with van der Waals surface area (Å²) < 4.78 is 10.8. The second-order valence-electron chi connectivity index (χ2n) is 7.76. The molecule has 0 saturated carbocycles. The Morgan fingerprint density at radius 2 is 1.97 bits per heavy atom. The number of rotatable bonds is 8. The lowest BCUT2D eigenvalue weighted by atomic mass is 10.0. The van der Waals surface area contributed by atoms with Gasteiger partial charge in [-0.15, -0.1) is 11.8 Å². The molecule has 0 aliphatic carbocycles. The van der Waals surface area contributed by atoms with Gasteiger partial charge in [-0.2, -0.15) is 0 Å². The summed E-state index contributed by atoms with van der Waals surface area (Å²) in [5.74, 6) is -0.0128. The van der Waals surface area contributed by atoms with Crippen LogP contribution in [0.15, 0.2) is 58.4 Å². The molecule has 8 heteroatoms. The van der Waals surface area contributed by atoms with Gasteiger partial charge in [0.1, 0.15) is 11.9 Å². The number of hydrogen-bond donors (Lipinski definition) is 2. The van der Waals surface area contributed by atoms with Crippen LogP contribution >= 0.6 is 11.8 Å². The molecule has 1 aliphatic heterocycles. The SMILES string of the molecule is COc1cc(NC(=O)C(=O)NC(C)(C)CCSc2ccccc2)ccc1C1CN=CO1. The molecule has 2 aromatic rings. The maximum atomic E-state index is 12.4. The summed E-state index contributed by atoms with van der Waals surface area (Å²) in [7, 11) is 1.54. The van der Waals surface area contributed by atoms with E-state index in [9.17, 15) is 9.59 Å². The molecule has 7 nitrogen and oxygen atoms in total. The molecule has 2 aromatic carbocycles. The first-order valence-corrected chi connectivity index (χ1v) is 11.0. The number of carbonyl (C=O) groups excluding carboxylic acids is 2. The Morgan fingerprint density at radius 1 is 1.19 bits per heavy atom. The van der Waals surface area contributed by atoms with E-state index in [1.54, 1.807) is 37.1 Å². The van der Waals surface area contributed by atoms with E-state index in [0.717, 1.165) is 17.7 Å². The molecule has 0 fully saturated rings. The van der Waals surface area contributed by atoms with Crippen LogP contribution in [0.2, 0.25) is 0 Å². The standard InChI is InChI=1S/C23H27N3O4S/c1-23(2,11-12-31-17-7-5-4-6-8-17)26-22(28)21(27)25-16-9-10-18(19(13-16)29-3)20-14-24-15-30-20/h4-10,13,15,20H,11-12,14H2,1-3H3,(H,25,27)(H,26,28). The predicted molar refractivity (Wildman–Crippen MR) is 123 cm³/mol. The Kier molecular flexibility index (Phi) is 7.57. The average molecular weight is 442 g/mol. The van der Waals surface area contributed by atoms with Crippen LogP contribution in [0.25, 0.3) is 0 Å². The Hall–Kier alpha value is -3.00. The van der Waals surface area contributed by atoms with Gasteiger partial charge in [0.05, 0.1) is 13.7 Å². The molecule has 0 saturated heterocycles. The molecule has 3 rings (SSSR count). The first-order valence-electron chi connectivity index (χ1n) is 10.0. The summed E-state index contributed by atoms with van der Waals surface area (Å²) in [5, 5.41) is 5.45. The van der Waals surface area contributed by atoms with Crippen LogP contribution in [0.1, 0.15) is 31.9 Å². The van der Waals surface area contributed by atoms with Crippen LogP contribution < -0.4 is 15.4 Å². The largest absolute Gasteiger partial charge is 0.496 e. The van der Waals surface area contributed by atoms with Crippen molar-refractivity contribution in [3.8, 4) is 5.75 Å². The average Bonchev–Trinajstić information content (AvgIpc) is 3.28. The van der Waals surface area contributed by atoms with Crippen LogP contribution in [0, 0.1) is 0 Å². The van der Waals surface area contributed by atoms with Crippen LogP contribution in [-0.2, 0) is 14.3 Å². The monoisotopic (exact) mass is 441 g/mol. The van der Waals surface area contributed by atoms with Crippen LogP contribution in [0.5, 0.6) is 5.75 Å². The van der Waals surface area contributed by atoms with Crippen molar-refractivity contribution in [3.05, 3.63) is 54.1 Å². The van der Waals surface area contributed by atoms with Gasteiger partial charge in [-0.25, -0.2) is 0 Å². The lowest BCUT2D eigenvalue weighted by Crippen LogP contribution is -2.48. The number of aliphatic imine (C=N–C) groups is 1. The van der Waals surface area contributed by atoms with E-state index in [2.05, 4.69) is 27.8 Å². The fourth-order valence-corrected chi connectivity index (χ4v) is 4.28. The highest BCUT2D eigenvalue weighted by atomic mass is 32.2. The number of anilines is 1. The van der Waals surface area contributed by atoms with Crippen molar-refractivity contribution in [2.45, 2.75) is 36.8 Å². The predicted octanol–water partition coefficient (Wildman–Crippen LogP) is 3.81. The van der Waals surface area contributed by atoms with Gasteiger partial charge in [0.2, 0.25) is 0 Å². The number of thioether (sulfide) groups is 1. The minimum absolute atomic E-state index is 0.211. The van der Waals surface area contributed by atoms with Crippen molar-refractivity contribution in [1.29, 1.82) is 0 Å². The second kappa shape index (κ2) is 10.3. The lowest BCUT2D eigenvalue weighted by molar-refractivity contribution is -0.137. The van der Waals surface area contributed by atoms with Gasteiger partial charge in [0, 0.05) is 33.5 Å². The van der Waals surface area contributed by atoms with Crippen molar-refractivity contribution in [1.82, 2.24) is 5.32 Å². The van der Waals surface area contributed by atoms with Crippen molar-refractivity contribution < 1.29 is 19.1 Å². The van der Waals surface area contributed by atoms with Gasteiger partial charge < -0.3 is 20.1 Å². The van der Waals surface area contributed by atoms with Crippen molar-refractivity contribution in [2.75, 3.05) is 24.7 Å². The molecule has 164 valence electrons. The van der Waals surface area contributed by atoms with E-state index < -0.39 is 17.4 Å². The van der Waals surface area contributed by atoms with Crippen LogP contribution in [0.3, 0.4) is 0 Å². The van der Waals surface area contributed by atoms with Gasteiger partial charge in [0.25, 0.3) is 0 Å². The Bertz CT molecular complexity index is 939. The zero-order chi connectivity index (χ0) is 22.3. The quantitative estimate of drug-likeness (QED) is 0.480. The summed E-state index contributed by atoms with van der Waals surface area (Å²) in [6.07, 6.45) is 1.93. The van der Waals surface area contributed by atoms with E-state index in [-0.39, 0.29) is 6.10 Å². The molecule has 0 aromatic heterocycles. The molecule has 1 heterocycles. The highest BCUT2D eigenvalue weighted by molar-refractivity contribution is 7.99. The number of nitrogens with zero attached hydrogens (tertiary/aromatic N) is 1. The first-order chi connectivity index (χ1) is 14.9. The summed E-state index contributed by atoms with van der Waals surface area (Å²) in [6, 6.07) is 15.3. The molecule has 0 radical (unpaired) electrons. The van der Waals surface area contributed by atoms with E-state index in [4.69, 9.17) is 9.47 Å². The summed E-state index contributed by atoms with van der Waals surface area (Å²) in [4.78, 5) is 30.1. The van der Waals surface area contributed by atoms with Crippen molar-refractivity contribution in [2.24, 2.45) is 4.99 Å². The molecule has 0 bridgehead atoms. The second-order valence-corrected chi connectivity index (χ2v) is 8.92. The number of hydrogen-bond acceptors (Lipinski definition) is 6. The number of benzene rings is 2. The number of methoxy groups -OCH3 is 1. The third-order valence-corrected chi connectivity index (χ3v) is 5.82. The molecular formula is C23H27N3O4S. The maximum absolute atomic E-state index is 12.4. The molecule has 2 N–H and O–H groups in total. The number of ether oxygens (including phenoxy) is 2. The van der Waals surface area contributed by atoms with E-state index in [0.29, 0.717) is 18.0 Å². The minimum Gasteiger partial charge on any atom is -0.496 e. The Morgan fingerprint density at radius 3 is 2.65 bits per heavy atom. The van der Waals surface area contributed by atoms with E-state index in [1.807, 2.05) is 32.0 Å². The van der Waals surface area contributed by atoms with Crippen molar-refractivity contribution in [3.63, 3.8) is 0 Å². The maximum Gasteiger partial charge on any atom is 0.313 e. The summed E-state index contributed by atoms with van der Waals surface area (Å²) in [5.41, 5.74) is 0.786. The fourth-order valence-electron chi connectivity index (χ4n) is 3.08. The molecule has 2 amide bonds. The van der Waals surface area contributed by atoms with Crippen LogP contribution in [-0.4, -0.2) is 43.2 Å². The number of carbonyl (C=O) groups is 2. The minimum atomic E-state index is -0.723. The van der Waals surface area contributed by atoms with Crippen LogP contribution in [0.4, 0.5) is 5.69 Å². The zero-order valence-corrected chi connectivity index (χ0v) is 18.7. The van der Waals surface area contributed by atoms with E-state index in [1.165, 1.54) is 11.3 Å². The topological polar surface area (TPSA) is 89.0 Å². The third-order valence-electron chi connectivity index (χ3n) is 4.81. The first kappa shape index (κ1) is 22.7. The summed E-state index contributed by atoms with van der Waals surface area (Å²) >= 11 is 1.72. The summed E-state index contributed by atoms with van der Waals surface area (Å²) in [6.45, 7) is 4.33.